The van der Waals surface area contributed by atoms with Gasteiger partial charge in [0.2, 0.25) is 0 Å². The van der Waals surface area contributed by atoms with Gasteiger partial charge < -0.3 is 42.4 Å². The van der Waals surface area contributed by atoms with Crippen LogP contribution in [0.3, 0.4) is 0 Å². The maximum absolute atomic E-state index is 5.08. The molecule has 0 fully saturated rings. The number of imidazole rings is 3. The maximum Gasteiger partial charge on any atom is 2.00 e. The summed E-state index contributed by atoms with van der Waals surface area (Å²) in [6.07, 6.45) is 5.46. The van der Waals surface area contributed by atoms with Gasteiger partial charge in [0.1, 0.15) is 0 Å². The summed E-state index contributed by atoms with van der Waals surface area (Å²) in [5.74, 6) is 2.68. The molecule has 0 bridgehead atoms. The molecule has 594 valence electrons. The zero-order chi connectivity index (χ0) is 79.9. The first kappa shape index (κ1) is 79.8. The molecular weight excluding hydrogens is 2110 g/mol. The van der Waals surface area contributed by atoms with Crippen LogP contribution in [0.25, 0.3) is 217 Å². The normalized spacial score (nSPS) is 11.3. The summed E-state index contributed by atoms with van der Waals surface area (Å²) >= 11 is 5.12. The molecule has 12 aromatic heterocycles. The van der Waals surface area contributed by atoms with Crippen LogP contribution in [-0.2, 0) is 84.3 Å². The van der Waals surface area contributed by atoms with Crippen LogP contribution >= 0.6 is 34.0 Å². The summed E-state index contributed by atoms with van der Waals surface area (Å²) in [4.78, 5) is 28.8. The summed E-state index contributed by atoms with van der Waals surface area (Å²) in [6, 6.07) is 123. The van der Waals surface area contributed by atoms with Crippen LogP contribution in [-0.4, -0.2) is 57.3 Å². The molecule has 0 aliphatic heterocycles. The summed E-state index contributed by atoms with van der Waals surface area (Å²) in [5, 5.41) is 20.0. The monoisotopic (exact) mass is 2180 g/mol. The van der Waals surface area contributed by atoms with E-state index in [1.807, 2.05) is 91.4 Å². The smallest absolute Gasteiger partial charge is 0.367 e. The number of hydrogen-bond donors (Lipinski definition) is 0. The molecule has 0 unspecified atom stereocenters. The van der Waals surface area contributed by atoms with E-state index in [0.717, 1.165) is 168 Å². The number of aryl methyl sites for hydroxylation is 3. The largest absolute Gasteiger partial charge is 2.00 e. The van der Waals surface area contributed by atoms with Crippen LogP contribution in [0.2, 0.25) is 0 Å². The SMILES string of the molecule is Cn1c(-c2[c-]c3c(c(-c4ccsc4)c2)c2ccccc2n3-c2[c-]c(-c3ccccn3)ccc2)nc2ccccc21.Cn1c(-c2[c-]c3c(cc2)c2cccc(-c4ccsc4)c2n3-c2[c-]c(-c3ccccn3)ccc2)nc2ccccc21.Cn1c(-c2[c-]c3c(cc2-c2ccsc2)c2ccccc2n3-c2[c-]c(-c3ccccn3)ccc2)nc2ccccc21.[Pt+2].[Pt+2].[Pt+2]. The number of fused-ring (bicyclic) bond motifs is 12. The van der Waals surface area contributed by atoms with Crippen LogP contribution in [0.1, 0.15) is 0 Å². The second kappa shape index (κ2) is 33.8. The third-order valence-electron chi connectivity index (χ3n) is 22.5. The molecule has 24 rings (SSSR count). The number of hydrogen-bond acceptors (Lipinski definition) is 9. The average Bonchev–Trinajstić information content (AvgIpc) is 1.58. The Kier molecular flexibility index (Phi) is 21.9. The Hall–Kier alpha value is -12.9. The minimum absolute atomic E-state index is 0. The Morgan fingerprint density at radius 1 is 0.276 bits per heavy atom. The molecule has 0 N–H and O–H groups in total. The number of thiophene rings is 3. The van der Waals surface area contributed by atoms with Gasteiger partial charge in [0.05, 0.1) is 50.6 Å². The van der Waals surface area contributed by atoms with Gasteiger partial charge in [-0.3, -0.25) is 15.0 Å². The Balaban J connectivity index is 0.000000120. The van der Waals surface area contributed by atoms with Gasteiger partial charge >= 0.3 is 63.2 Å². The molecule has 0 radical (unpaired) electrons. The van der Waals surface area contributed by atoms with Crippen molar-refractivity contribution in [2.45, 2.75) is 0 Å². The van der Waals surface area contributed by atoms with E-state index in [2.05, 4.69) is 351 Å². The first-order valence-electron chi connectivity index (χ1n) is 39.4. The van der Waals surface area contributed by atoms with Crippen molar-refractivity contribution in [1.29, 1.82) is 0 Å². The van der Waals surface area contributed by atoms with Gasteiger partial charge in [0.25, 0.3) is 0 Å². The van der Waals surface area contributed by atoms with Gasteiger partial charge in [-0.15, -0.1) is 143 Å². The minimum Gasteiger partial charge on any atom is -0.367 e. The number of pyridine rings is 3. The fourth-order valence-corrected chi connectivity index (χ4v) is 18.9. The maximum atomic E-state index is 5.08. The van der Waals surface area contributed by atoms with Crippen molar-refractivity contribution in [3.8, 4) is 118 Å². The number of rotatable bonds is 12. The Labute approximate surface area is 763 Å². The zero-order valence-corrected chi connectivity index (χ0v) is 75.2. The number of para-hydroxylation sites is 9. The fraction of sp³-hybridized carbons (Fsp3) is 0.0286. The first-order valence-corrected chi connectivity index (χ1v) is 42.3. The predicted molar refractivity (Wildman–Crippen MR) is 494 cm³/mol. The molecule has 123 heavy (non-hydrogen) atoms. The number of benzene rings is 12. The molecule has 12 nitrogen and oxygen atoms in total. The van der Waals surface area contributed by atoms with E-state index in [1.165, 1.54) is 49.4 Å². The van der Waals surface area contributed by atoms with Crippen LogP contribution in [0, 0.1) is 36.4 Å². The fourth-order valence-electron chi connectivity index (χ4n) is 17.0. The van der Waals surface area contributed by atoms with E-state index in [1.54, 1.807) is 34.0 Å². The van der Waals surface area contributed by atoms with Gasteiger partial charge in [-0.1, -0.05) is 166 Å². The zero-order valence-electron chi connectivity index (χ0n) is 65.9. The number of nitrogens with zero attached hydrogens (tertiary/aromatic N) is 12. The van der Waals surface area contributed by atoms with Gasteiger partial charge in [0, 0.05) is 61.8 Å². The molecule has 0 spiro atoms. The molecule has 0 saturated heterocycles. The van der Waals surface area contributed by atoms with Crippen molar-refractivity contribution in [2.75, 3.05) is 0 Å². The second-order valence-corrected chi connectivity index (χ2v) is 31.8. The van der Waals surface area contributed by atoms with Gasteiger partial charge in [-0.25, -0.2) is 0 Å². The molecule has 0 amide bonds. The van der Waals surface area contributed by atoms with E-state index in [-0.39, 0.29) is 63.2 Å². The van der Waals surface area contributed by atoms with Crippen LogP contribution in [0.5, 0.6) is 0 Å². The summed E-state index contributed by atoms with van der Waals surface area (Å²) in [7, 11) is 6.23. The van der Waals surface area contributed by atoms with Gasteiger partial charge in [0.15, 0.2) is 0 Å². The van der Waals surface area contributed by atoms with E-state index in [9.17, 15) is 0 Å². The van der Waals surface area contributed by atoms with Crippen molar-refractivity contribution < 1.29 is 63.2 Å². The van der Waals surface area contributed by atoms with Crippen molar-refractivity contribution in [3.63, 3.8) is 0 Å². The van der Waals surface area contributed by atoms with E-state index >= 15 is 0 Å². The van der Waals surface area contributed by atoms with E-state index in [4.69, 9.17) is 15.0 Å². The molecule has 0 aliphatic rings. The van der Waals surface area contributed by atoms with Crippen molar-refractivity contribution in [2.24, 2.45) is 21.1 Å². The van der Waals surface area contributed by atoms with Crippen LogP contribution in [0.4, 0.5) is 0 Å². The molecule has 0 atom stereocenters. The molecule has 12 heterocycles. The number of aromatic nitrogens is 12. The molecule has 0 saturated carbocycles. The predicted octanol–water partition coefficient (Wildman–Crippen LogP) is 26.2. The Morgan fingerprint density at radius 3 is 1.20 bits per heavy atom. The van der Waals surface area contributed by atoms with Crippen molar-refractivity contribution in [3.05, 3.63) is 378 Å². The first-order chi connectivity index (χ1) is 59.3. The molecule has 24 aromatic rings. The van der Waals surface area contributed by atoms with E-state index in [0.29, 0.717) is 0 Å². The molecule has 0 aliphatic carbocycles. The standard InChI is InChI=1S/3C35H22N4S.3Pt/c1-38-32-15-5-3-13-30(32)37-35(38)25-20-28(24-16-18-40-22-24)34-27-11-2-4-14-31(27)39(33(34)21-25)26-10-8-9-23(19-26)29-12-6-7-17-36-29;1-38-33-15-5-3-13-31(33)37-35(38)29-21-34-28(20-27(29)24-16-18-40-22-24)26-11-2-4-14-32(26)39(34)25-10-8-9-23(19-25)30-12-6-7-17-36-30;1-38-32-14-3-2-13-31(32)37-35(38)24-15-16-28-29-11-7-10-27(25-17-19-40-22-25)34(29)39(33(28)21-24)26-9-6-8-23(20-26)30-12-4-5-18-36-30;;;/h2*2-18,20,22H,1H3;2-19,22H,1H3;;;/q3*-2;3*+2. The van der Waals surface area contributed by atoms with Crippen LogP contribution in [0.15, 0.2) is 342 Å². The molecular formula is C105H66N12Pt3S3. The van der Waals surface area contributed by atoms with Gasteiger partial charge in [-0.05, 0) is 195 Å². The Bertz CT molecular complexity index is 8020. The average molecular weight is 2180 g/mol. The Morgan fingerprint density at radius 2 is 0.691 bits per heavy atom. The summed E-state index contributed by atoms with van der Waals surface area (Å²) < 4.78 is 13.3. The van der Waals surface area contributed by atoms with Crippen molar-refractivity contribution >= 4 is 133 Å². The topological polar surface area (TPSA) is 107 Å². The van der Waals surface area contributed by atoms with Crippen LogP contribution < -0.4 is 0 Å². The minimum atomic E-state index is 0. The molecule has 18 heteroatoms. The second-order valence-electron chi connectivity index (χ2n) is 29.5. The summed E-state index contributed by atoms with van der Waals surface area (Å²) in [5.41, 5.74) is 30.9. The quantitative estimate of drug-likeness (QED) is 0.113. The third-order valence-corrected chi connectivity index (χ3v) is 24.6. The third kappa shape index (κ3) is 14.3. The van der Waals surface area contributed by atoms with Crippen molar-refractivity contribution in [1.82, 2.24) is 57.3 Å². The van der Waals surface area contributed by atoms with E-state index < -0.39 is 0 Å². The molecule has 12 aromatic carbocycles. The summed E-state index contributed by atoms with van der Waals surface area (Å²) in [6.45, 7) is 0. The van der Waals surface area contributed by atoms with Gasteiger partial charge in [-0.2, -0.15) is 34.0 Å².